The lowest BCUT2D eigenvalue weighted by atomic mass is 9.84. The van der Waals surface area contributed by atoms with Crippen molar-refractivity contribution in [3.05, 3.63) is 34.8 Å². The van der Waals surface area contributed by atoms with E-state index in [-0.39, 0.29) is 6.03 Å². The number of carbonyl (C=O) groups is 1. The molecule has 1 saturated carbocycles. The number of hydrogen-bond acceptors (Lipinski definition) is 5. The highest BCUT2D eigenvalue weighted by atomic mass is 32.1. The number of nitrogens with two attached hydrogens (primary N) is 1. The minimum absolute atomic E-state index is 0.210. The van der Waals surface area contributed by atoms with E-state index in [0.29, 0.717) is 24.0 Å². The number of nitrogen functional groups attached to an aromatic ring is 1. The van der Waals surface area contributed by atoms with Gasteiger partial charge in [0.1, 0.15) is 5.01 Å². The minimum atomic E-state index is -0.210. The van der Waals surface area contributed by atoms with Crippen LogP contribution < -0.4 is 16.4 Å². The van der Waals surface area contributed by atoms with Gasteiger partial charge in [-0.05, 0) is 36.5 Å². The molecule has 7 heteroatoms. The summed E-state index contributed by atoms with van der Waals surface area (Å²) in [7, 11) is 0. The van der Waals surface area contributed by atoms with Gasteiger partial charge in [0.05, 0.1) is 0 Å². The largest absolute Gasteiger partial charge is 0.374 e. The first-order chi connectivity index (χ1) is 11.7. The number of nitrogens with zero attached hydrogens (tertiary/aromatic N) is 2. The van der Waals surface area contributed by atoms with Crippen molar-refractivity contribution >= 4 is 28.2 Å². The van der Waals surface area contributed by atoms with Gasteiger partial charge in [-0.25, -0.2) is 4.79 Å². The molecule has 0 unspecified atom stereocenters. The lowest BCUT2D eigenvalue weighted by molar-refractivity contribution is 0.252. The molecule has 0 spiro atoms. The van der Waals surface area contributed by atoms with Crippen molar-refractivity contribution in [2.45, 2.75) is 44.4 Å². The SMILES string of the molecule is Nc1nnc(CCNC(=O)Nc2ccc(C3CCCCC3)cc2)s1. The molecule has 2 amide bonds. The zero-order chi connectivity index (χ0) is 16.8. The Labute approximate surface area is 145 Å². The van der Waals surface area contributed by atoms with Crippen LogP contribution in [0.1, 0.15) is 48.6 Å². The van der Waals surface area contributed by atoms with E-state index in [2.05, 4.69) is 33.0 Å². The number of hydrogen-bond donors (Lipinski definition) is 3. The molecule has 1 aromatic carbocycles. The van der Waals surface area contributed by atoms with E-state index in [1.54, 1.807) is 0 Å². The van der Waals surface area contributed by atoms with Gasteiger partial charge in [-0.15, -0.1) is 10.2 Å². The first-order valence-electron chi connectivity index (χ1n) is 8.43. The Balaban J connectivity index is 1.44. The summed E-state index contributed by atoms with van der Waals surface area (Å²) in [5.74, 6) is 0.681. The number of benzene rings is 1. The fourth-order valence-corrected chi connectivity index (χ4v) is 3.71. The zero-order valence-corrected chi connectivity index (χ0v) is 14.4. The summed E-state index contributed by atoms with van der Waals surface area (Å²) in [6, 6.07) is 8.02. The number of carbonyl (C=O) groups excluding carboxylic acids is 1. The third kappa shape index (κ3) is 4.67. The highest BCUT2D eigenvalue weighted by Gasteiger charge is 2.15. The molecule has 4 N–H and O–H groups in total. The maximum Gasteiger partial charge on any atom is 0.319 e. The Morgan fingerprint density at radius 3 is 2.58 bits per heavy atom. The van der Waals surface area contributed by atoms with Crippen LogP contribution >= 0.6 is 11.3 Å². The van der Waals surface area contributed by atoms with Gasteiger partial charge in [-0.3, -0.25) is 0 Å². The van der Waals surface area contributed by atoms with Crippen molar-refractivity contribution in [1.82, 2.24) is 15.5 Å². The van der Waals surface area contributed by atoms with E-state index in [1.807, 2.05) is 12.1 Å². The van der Waals surface area contributed by atoms with E-state index in [4.69, 9.17) is 5.73 Å². The van der Waals surface area contributed by atoms with E-state index >= 15 is 0 Å². The fourth-order valence-electron chi connectivity index (χ4n) is 3.10. The average molecular weight is 345 g/mol. The molecule has 0 radical (unpaired) electrons. The van der Waals surface area contributed by atoms with Crippen LogP contribution in [0.3, 0.4) is 0 Å². The van der Waals surface area contributed by atoms with Crippen molar-refractivity contribution in [1.29, 1.82) is 0 Å². The van der Waals surface area contributed by atoms with Gasteiger partial charge in [0.2, 0.25) is 5.13 Å². The third-order valence-corrected chi connectivity index (χ3v) is 5.16. The quantitative estimate of drug-likeness (QED) is 0.773. The van der Waals surface area contributed by atoms with Gasteiger partial charge in [-0.1, -0.05) is 42.7 Å². The van der Waals surface area contributed by atoms with Crippen LogP contribution in [0.5, 0.6) is 0 Å². The molecule has 2 aromatic rings. The second-order valence-corrected chi connectivity index (χ2v) is 7.22. The highest BCUT2D eigenvalue weighted by Crippen LogP contribution is 2.32. The van der Waals surface area contributed by atoms with Crippen LogP contribution in [0.2, 0.25) is 0 Å². The van der Waals surface area contributed by atoms with Gasteiger partial charge in [0, 0.05) is 18.7 Å². The van der Waals surface area contributed by atoms with Crippen LogP contribution in [0, 0.1) is 0 Å². The Kier molecular flexibility index (Phi) is 5.63. The molecule has 1 aliphatic rings. The first-order valence-corrected chi connectivity index (χ1v) is 9.25. The number of nitrogens with one attached hydrogen (secondary N) is 2. The van der Waals surface area contributed by atoms with Gasteiger partial charge in [0.15, 0.2) is 0 Å². The average Bonchev–Trinajstić information content (AvgIpc) is 3.02. The zero-order valence-electron chi connectivity index (χ0n) is 13.6. The normalized spacial score (nSPS) is 15.2. The topological polar surface area (TPSA) is 92.9 Å². The van der Waals surface area contributed by atoms with Crippen LogP contribution in [0.4, 0.5) is 15.6 Å². The monoisotopic (exact) mass is 345 g/mol. The molecule has 0 atom stereocenters. The molecule has 128 valence electrons. The Morgan fingerprint density at radius 2 is 1.92 bits per heavy atom. The molecule has 0 saturated heterocycles. The number of anilines is 2. The van der Waals surface area contributed by atoms with E-state index in [1.165, 1.54) is 49.0 Å². The van der Waals surface area contributed by atoms with E-state index in [0.717, 1.165) is 10.7 Å². The predicted molar refractivity (Wildman–Crippen MR) is 97.3 cm³/mol. The molecule has 3 rings (SSSR count). The Hall–Kier alpha value is -2.15. The summed E-state index contributed by atoms with van der Waals surface area (Å²) >= 11 is 1.34. The smallest absolute Gasteiger partial charge is 0.319 e. The van der Waals surface area contributed by atoms with Gasteiger partial charge >= 0.3 is 6.03 Å². The summed E-state index contributed by atoms with van der Waals surface area (Å²) in [5.41, 5.74) is 7.72. The number of urea groups is 1. The standard InChI is InChI=1S/C17H23N5OS/c18-16-22-21-15(24-16)10-11-19-17(23)20-14-8-6-13(7-9-14)12-4-2-1-3-5-12/h6-9,12H,1-5,10-11H2,(H2,18,22)(H2,19,20,23). The first kappa shape index (κ1) is 16.7. The van der Waals surface area contributed by atoms with Crippen LogP contribution in [0.15, 0.2) is 24.3 Å². The highest BCUT2D eigenvalue weighted by molar-refractivity contribution is 7.15. The summed E-state index contributed by atoms with van der Waals surface area (Å²) < 4.78 is 0. The molecule has 1 aromatic heterocycles. The maximum absolute atomic E-state index is 11.9. The van der Waals surface area contributed by atoms with Crippen LogP contribution in [0.25, 0.3) is 0 Å². The van der Waals surface area contributed by atoms with E-state index in [9.17, 15) is 4.79 Å². The molecule has 0 bridgehead atoms. The van der Waals surface area contributed by atoms with Crippen molar-refractivity contribution in [3.8, 4) is 0 Å². The van der Waals surface area contributed by atoms with Crippen molar-refractivity contribution < 1.29 is 4.79 Å². The van der Waals surface area contributed by atoms with Crippen molar-refractivity contribution in [2.24, 2.45) is 0 Å². The van der Waals surface area contributed by atoms with Gasteiger partial charge in [-0.2, -0.15) is 0 Å². The summed E-state index contributed by atoms with van der Waals surface area (Å²) in [6.07, 6.45) is 7.20. The number of amides is 2. The molecule has 0 aliphatic heterocycles. The predicted octanol–water partition coefficient (Wildman–Crippen LogP) is 3.53. The van der Waals surface area contributed by atoms with Crippen LogP contribution in [-0.2, 0) is 6.42 Å². The molecule has 1 heterocycles. The summed E-state index contributed by atoms with van der Waals surface area (Å²) in [6.45, 7) is 0.501. The lowest BCUT2D eigenvalue weighted by Crippen LogP contribution is -2.30. The van der Waals surface area contributed by atoms with Gasteiger partial charge in [0.25, 0.3) is 0 Å². The lowest BCUT2D eigenvalue weighted by Gasteiger charge is -2.22. The van der Waals surface area contributed by atoms with Gasteiger partial charge < -0.3 is 16.4 Å². The molecule has 6 nitrogen and oxygen atoms in total. The second-order valence-electron chi connectivity index (χ2n) is 6.12. The minimum Gasteiger partial charge on any atom is -0.374 e. The third-order valence-electron chi connectivity index (χ3n) is 4.35. The number of rotatable bonds is 5. The number of aromatic nitrogens is 2. The van der Waals surface area contributed by atoms with E-state index < -0.39 is 0 Å². The van der Waals surface area contributed by atoms with Crippen molar-refractivity contribution in [2.75, 3.05) is 17.6 Å². The molecule has 24 heavy (non-hydrogen) atoms. The Morgan fingerprint density at radius 1 is 1.17 bits per heavy atom. The van der Waals surface area contributed by atoms with Crippen molar-refractivity contribution in [3.63, 3.8) is 0 Å². The molecular weight excluding hydrogens is 322 g/mol. The summed E-state index contributed by atoms with van der Waals surface area (Å²) in [4.78, 5) is 11.9. The Bertz CT molecular complexity index is 664. The molecule has 1 aliphatic carbocycles. The molecular formula is C17H23N5OS. The molecule has 1 fully saturated rings. The second kappa shape index (κ2) is 8.10. The fraction of sp³-hybridized carbons (Fsp3) is 0.471. The maximum atomic E-state index is 11.9. The van der Waals surface area contributed by atoms with Crippen LogP contribution in [-0.4, -0.2) is 22.8 Å². The summed E-state index contributed by atoms with van der Waals surface area (Å²) in [5, 5.41) is 14.6.